The summed E-state index contributed by atoms with van der Waals surface area (Å²) in [5.74, 6) is 1.87. The highest BCUT2D eigenvalue weighted by Gasteiger charge is 2.04. The molecule has 3 heteroatoms. The van der Waals surface area contributed by atoms with Crippen molar-refractivity contribution in [2.45, 2.75) is 18.7 Å². The molecule has 0 aromatic heterocycles. The van der Waals surface area contributed by atoms with Crippen LogP contribution in [0.15, 0.2) is 33.6 Å². The predicted molar refractivity (Wildman–Crippen MR) is 72.6 cm³/mol. The Morgan fingerprint density at radius 3 is 2.80 bits per heavy atom. The highest BCUT2D eigenvalue weighted by molar-refractivity contribution is 9.10. The molecular weight excluding hydrogens is 270 g/mol. The zero-order valence-electron chi connectivity index (χ0n) is 9.29. The van der Waals surface area contributed by atoms with Gasteiger partial charge in [0, 0.05) is 15.1 Å². The molecule has 1 aromatic rings. The molecule has 0 fully saturated rings. The van der Waals surface area contributed by atoms with E-state index in [0.29, 0.717) is 5.92 Å². The Morgan fingerprint density at radius 2 is 2.13 bits per heavy atom. The summed E-state index contributed by atoms with van der Waals surface area (Å²) >= 11 is 5.48. The molecule has 1 N–H and O–H groups in total. The van der Waals surface area contributed by atoms with E-state index in [4.69, 9.17) is 0 Å². The first kappa shape index (κ1) is 13.1. The third-order valence-corrected chi connectivity index (χ3v) is 4.46. The second-order valence-electron chi connectivity index (χ2n) is 3.65. The summed E-state index contributed by atoms with van der Waals surface area (Å²) in [6.45, 7) is 6.60. The third-order valence-electron chi connectivity index (χ3n) is 2.10. The van der Waals surface area contributed by atoms with Crippen LogP contribution in [0.2, 0.25) is 0 Å². The maximum Gasteiger partial charge on any atom is 0.0311 e. The van der Waals surface area contributed by atoms with Gasteiger partial charge in [-0.15, -0.1) is 11.8 Å². The lowest BCUT2D eigenvalue weighted by atomic mass is 10.2. The van der Waals surface area contributed by atoms with E-state index in [1.807, 2.05) is 11.8 Å². The largest absolute Gasteiger partial charge is 0.317 e. The fourth-order valence-electron chi connectivity index (χ4n) is 1.24. The molecule has 0 amide bonds. The minimum atomic E-state index is 0.710. The first-order valence-electron chi connectivity index (χ1n) is 5.32. The van der Waals surface area contributed by atoms with Gasteiger partial charge >= 0.3 is 0 Å². The summed E-state index contributed by atoms with van der Waals surface area (Å²) in [7, 11) is 0. The van der Waals surface area contributed by atoms with Gasteiger partial charge in [-0.1, -0.05) is 26.0 Å². The number of thioether (sulfide) groups is 1. The first-order chi connectivity index (χ1) is 7.24. The van der Waals surface area contributed by atoms with Gasteiger partial charge in [-0.25, -0.2) is 0 Å². The van der Waals surface area contributed by atoms with Gasteiger partial charge in [0.1, 0.15) is 0 Å². The Hall–Kier alpha value is 0.01000. The fraction of sp³-hybridized carbons (Fsp3) is 0.500. The smallest absolute Gasteiger partial charge is 0.0311 e. The Morgan fingerprint density at radius 1 is 1.40 bits per heavy atom. The standard InChI is InChI=1S/C12H18BrNS/c1-3-14-8-10(2)9-15-12-7-5-4-6-11(12)13/h4-7,10,14H,3,8-9H2,1-2H3. The molecule has 0 spiro atoms. The molecule has 0 bridgehead atoms. The molecule has 0 aliphatic heterocycles. The van der Waals surface area contributed by atoms with Crippen LogP contribution in [0.1, 0.15) is 13.8 Å². The maximum atomic E-state index is 3.56. The van der Waals surface area contributed by atoms with Crippen molar-refractivity contribution < 1.29 is 0 Å². The summed E-state index contributed by atoms with van der Waals surface area (Å²) in [6.07, 6.45) is 0. The summed E-state index contributed by atoms with van der Waals surface area (Å²) in [6, 6.07) is 8.39. The van der Waals surface area contributed by atoms with Gasteiger partial charge in [-0.2, -0.15) is 0 Å². The van der Waals surface area contributed by atoms with Crippen LogP contribution in [0.4, 0.5) is 0 Å². The van der Waals surface area contributed by atoms with Crippen molar-refractivity contribution in [3.8, 4) is 0 Å². The Kier molecular flexibility index (Phi) is 6.37. The van der Waals surface area contributed by atoms with Crippen LogP contribution in [-0.4, -0.2) is 18.8 Å². The molecular formula is C12H18BrNS. The minimum Gasteiger partial charge on any atom is -0.317 e. The van der Waals surface area contributed by atoms with E-state index in [1.54, 1.807) is 0 Å². The van der Waals surface area contributed by atoms with E-state index in [2.05, 4.69) is 59.4 Å². The zero-order valence-corrected chi connectivity index (χ0v) is 11.7. The average molecular weight is 288 g/mol. The molecule has 84 valence electrons. The lowest BCUT2D eigenvalue weighted by molar-refractivity contribution is 0.574. The molecule has 1 rings (SSSR count). The van der Waals surface area contributed by atoms with Crippen LogP contribution >= 0.6 is 27.7 Å². The molecule has 0 heterocycles. The molecule has 0 saturated carbocycles. The van der Waals surface area contributed by atoms with Gasteiger partial charge < -0.3 is 5.32 Å². The van der Waals surface area contributed by atoms with Crippen LogP contribution in [0.3, 0.4) is 0 Å². The number of halogens is 1. The van der Waals surface area contributed by atoms with Crippen LogP contribution in [-0.2, 0) is 0 Å². The van der Waals surface area contributed by atoms with Crippen molar-refractivity contribution in [1.29, 1.82) is 0 Å². The normalized spacial score (nSPS) is 12.7. The molecule has 1 unspecified atom stereocenters. The van der Waals surface area contributed by atoms with E-state index in [0.717, 1.165) is 18.8 Å². The van der Waals surface area contributed by atoms with Crippen molar-refractivity contribution in [2.75, 3.05) is 18.8 Å². The minimum absolute atomic E-state index is 0.710. The maximum absolute atomic E-state index is 3.56. The Labute approximate surface area is 105 Å². The topological polar surface area (TPSA) is 12.0 Å². The van der Waals surface area contributed by atoms with Crippen LogP contribution in [0.25, 0.3) is 0 Å². The van der Waals surface area contributed by atoms with Crippen molar-refractivity contribution in [1.82, 2.24) is 5.32 Å². The Bertz CT molecular complexity index is 291. The van der Waals surface area contributed by atoms with Crippen molar-refractivity contribution in [3.05, 3.63) is 28.7 Å². The highest BCUT2D eigenvalue weighted by Crippen LogP contribution is 2.28. The summed E-state index contributed by atoms with van der Waals surface area (Å²) < 4.78 is 1.20. The van der Waals surface area contributed by atoms with Gasteiger partial charge in [-0.05, 0) is 47.1 Å². The highest BCUT2D eigenvalue weighted by atomic mass is 79.9. The number of hydrogen-bond donors (Lipinski definition) is 1. The summed E-state index contributed by atoms with van der Waals surface area (Å²) in [5.41, 5.74) is 0. The second-order valence-corrected chi connectivity index (χ2v) is 5.57. The molecule has 0 aliphatic rings. The predicted octanol–water partition coefficient (Wildman–Crippen LogP) is 3.79. The quantitative estimate of drug-likeness (QED) is 0.799. The lowest BCUT2D eigenvalue weighted by Gasteiger charge is -2.11. The van der Waals surface area contributed by atoms with Crippen molar-refractivity contribution in [2.24, 2.45) is 5.92 Å². The van der Waals surface area contributed by atoms with Crippen LogP contribution in [0.5, 0.6) is 0 Å². The number of benzene rings is 1. The van der Waals surface area contributed by atoms with E-state index in [9.17, 15) is 0 Å². The zero-order chi connectivity index (χ0) is 11.1. The lowest BCUT2D eigenvalue weighted by Crippen LogP contribution is -2.21. The molecule has 0 radical (unpaired) electrons. The molecule has 0 saturated heterocycles. The monoisotopic (exact) mass is 287 g/mol. The first-order valence-corrected chi connectivity index (χ1v) is 7.10. The van der Waals surface area contributed by atoms with Gasteiger partial charge in [0.2, 0.25) is 0 Å². The number of hydrogen-bond acceptors (Lipinski definition) is 2. The molecule has 15 heavy (non-hydrogen) atoms. The van der Waals surface area contributed by atoms with E-state index in [1.165, 1.54) is 9.37 Å². The van der Waals surface area contributed by atoms with E-state index in [-0.39, 0.29) is 0 Å². The van der Waals surface area contributed by atoms with Gasteiger partial charge in [0.25, 0.3) is 0 Å². The fourth-order valence-corrected chi connectivity index (χ4v) is 2.83. The molecule has 0 aliphatic carbocycles. The van der Waals surface area contributed by atoms with Crippen molar-refractivity contribution in [3.63, 3.8) is 0 Å². The summed E-state index contributed by atoms with van der Waals surface area (Å²) in [5, 5.41) is 3.37. The van der Waals surface area contributed by atoms with Crippen molar-refractivity contribution >= 4 is 27.7 Å². The Balaban J connectivity index is 2.33. The summed E-state index contributed by atoms with van der Waals surface area (Å²) in [4.78, 5) is 1.33. The van der Waals surface area contributed by atoms with E-state index >= 15 is 0 Å². The molecule has 1 atom stereocenters. The van der Waals surface area contributed by atoms with Crippen LogP contribution < -0.4 is 5.32 Å². The number of nitrogens with one attached hydrogen (secondary N) is 1. The SMILES string of the molecule is CCNCC(C)CSc1ccccc1Br. The van der Waals surface area contributed by atoms with Gasteiger partial charge in [0.15, 0.2) is 0 Å². The average Bonchev–Trinajstić information content (AvgIpc) is 2.25. The number of rotatable bonds is 6. The second kappa shape index (κ2) is 7.31. The van der Waals surface area contributed by atoms with Gasteiger partial charge in [-0.3, -0.25) is 0 Å². The molecule has 1 nitrogen and oxygen atoms in total. The molecule has 1 aromatic carbocycles. The third kappa shape index (κ3) is 5.05. The van der Waals surface area contributed by atoms with E-state index < -0.39 is 0 Å². The van der Waals surface area contributed by atoms with Gasteiger partial charge in [0.05, 0.1) is 0 Å². The van der Waals surface area contributed by atoms with Crippen LogP contribution in [0, 0.1) is 5.92 Å².